The molecule has 3 rings (SSSR count). The molecule has 0 spiro atoms. The third kappa shape index (κ3) is 3.09. The highest BCUT2D eigenvalue weighted by Crippen LogP contribution is 2.30. The minimum absolute atomic E-state index is 0.669. The molecule has 5 nitrogen and oxygen atoms in total. The van der Waals surface area contributed by atoms with Gasteiger partial charge in [-0.1, -0.05) is 0 Å². The van der Waals surface area contributed by atoms with Crippen molar-refractivity contribution in [2.75, 3.05) is 19.6 Å². The molecule has 0 radical (unpaired) electrons. The summed E-state index contributed by atoms with van der Waals surface area (Å²) in [6.07, 6.45) is 5.26. The van der Waals surface area contributed by atoms with Crippen LogP contribution in [0.3, 0.4) is 0 Å². The summed E-state index contributed by atoms with van der Waals surface area (Å²) in [6, 6.07) is 0.757. The van der Waals surface area contributed by atoms with Gasteiger partial charge in [-0.3, -0.25) is 4.90 Å². The van der Waals surface area contributed by atoms with Crippen molar-refractivity contribution in [3.05, 3.63) is 11.8 Å². The van der Waals surface area contributed by atoms with E-state index in [2.05, 4.69) is 20.4 Å². The predicted octanol–water partition coefficient (Wildman–Crippen LogP) is 1.34. The Hall–Kier alpha value is -0.940. The van der Waals surface area contributed by atoms with Gasteiger partial charge in [0.05, 0.1) is 6.54 Å². The van der Waals surface area contributed by atoms with Gasteiger partial charge in [-0.05, 0) is 44.7 Å². The Kier molecular flexibility index (Phi) is 3.61. The summed E-state index contributed by atoms with van der Waals surface area (Å²) in [5, 5.41) is 11.5. The summed E-state index contributed by atoms with van der Waals surface area (Å²) in [5.74, 6) is 2.27. The Bertz CT molecular complexity index is 382. The van der Waals surface area contributed by atoms with Gasteiger partial charge in [0.1, 0.15) is 0 Å². The molecule has 1 aliphatic heterocycles. The number of rotatable bonds is 5. The molecule has 2 fully saturated rings. The van der Waals surface area contributed by atoms with Gasteiger partial charge in [0.2, 0.25) is 11.8 Å². The van der Waals surface area contributed by atoms with Crippen LogP contribution in [0.25, 0.3) is 0 Å². The molecule has 1 aromatic rings. The second-order valence-electron chi connectivity index (χ2n) is 5.57. The van der Waals surface area contributed by atoms with E-state index in [-0.39, 0.29) is 0 Å². The van der Waals surface area contributed by atoms with E-state index in [0.29, 0.717) is 5.89 Å². The lowest BCUT2D eigenvalue weighted by Gasteiger charge is -2.29. The van der Waals surface area contributed by atoms with Crippen molar-refractivity contribution in [1.29, 1.82) is 0 Å². The number of aryl methyl sites for hydroxylation is 1. The molecule has 0 aromatic carbocycles. The number of hydrogen-bond donors (Lipinski definition) is 1. The van der Waals surface area contributed by atoms with E-state index in [1.165, 1.54) is 45.3 Å². The minimum Gasteiger partial charge on any atom is -0.424 e. The molecule has 18 heavy (non-hydrogen) atoms. The van der Waals surface area contributed by atoms with Gasteiger partial charge in [0.25, 0.3) is 0 Å². The van der Waals surface area contributed by atoms with E-state index in [0.717, 1.165) is 24.4 Å². The number of hydrogen-bond acceptors (Lipinski definition) is 5. The SMILES string of the molecule is Cc1nnc(CN(CC2CCNCC2)C2CC2)o1. The van der Waals surface area contributed by atoms with Crippen LogP contribution in [0.15, 0.2) is 4.42 Å². The van der Waals surface area contributed by atoms with Crippen molar-refractivity contribution in [3.63, 3.8) is 0 Å². The number of nitrogens with zero attached hydrogens (tertiary/aromatic N) is 3. The van der Waals surface area contributed by atoms with E-state index in [1.54, 1.807) is 0 Å². The summed E-state index contributed by atoms with van der Waals surface area (Å²) in [6.45, 7) is 6.21. The first-order valence-electron chi connectivity index (χ1n) is 7.05. The third-order valence-electron chi connectivity index (χ3n) is 3.92. The highest BCUT2D eigenvalue weighted by Gasteiger charge is 2.31. The van der Waals surface area contributed by atoms with Crippen molar-refractivity contribution in [1.82, 2.24) is 20.4 Å². The first-order chi connectivity index (χ1) is 8.81. The molecular formula is C13H22N4O. The van der Waals surface area contributed by atoms with Crippen LogP contribution in [0, 0.1) is 12.8 Å². The van der Waals surface area contributed by atoms with Gasteiger partial charge in [-0.25, -0.2) is 0 Å². The summed E-state index contributed by atoms with van der Waals surface area (Å²) >= 11 is 0. The lowest BCUT2D eigenvalue weighted by atomic mass is 9.97. The van der Waals surface area contributed by atoms with Crippen LogP contribution in [-0.4, -0.2) is 40.8 Å². The lowest BCUT2D eigenvalue weighted by molar-refractivity contribution is 0.175. The van der Waals surface area contributed by atoms with Crippen LogP contribution in [0.2, 0.25) is 0 Å². The topological polar surface area (TPSA) is 54.2 Å². The van der Waals surface area contributed by atoms with Gasteiger partial charge in [0.15, 0.2) is 0 Å². The molecule has 0 bridgehead atoms. The van der Waals surface area contributed by atoms with E-state index in [1.807, 2.05) is 6.92 Å². The highest BCUT2D eigenvalue weighted by molar-refractivity contribution is 4.89. The van der Waals surface area contributed by atoms with Crippen LogP contribution in [0.4, 0.5) is 0 Å². The molecule has 0 atom stereocenters. The summed E-state index contributed by atoms with van der Waals surface area (Å²) < 4.78 is 5.50. The van der Waals surface area contributed by atoms with Crippen LogP contribution < -0.4 is 5.32 Å². The number of piperidine rings is 1. The molecule has 2 heterocycles. The maximum absolute atomic E-state index is 5.50. The zero-order valence-corrected chi connectivity index (χ0v) is 11.1. The Morgan fingerprint density at radius 3 is 2.61 bits per heavy atom. The van der Waals surface area contributed by atoms with Gasteiger partial charge in [-0.2, -0.15) is 0 Å². The smallest absolute Gasteiger partial charge is 0.230 e. The molecule has 0 amide bonds. The largest absolute Gasteiger partial charge is 0.424 e. The van der Waals surface area contributed by atoms with Crippen LogP contribution in [0.5, 0.6) is 0 Å². The van der Waals surface area contributed by atoms with Gasteiger partial charge < -0.3 is 9.73 Å². The quantitative estimate of drug-likeness (QED) is 0.854. The normalized spacial score (nSPS) is 21.7. The van der Waals surface area contributed by atoms with Gasteiger partial charge >= 0.3 is 0 Å². The molecule has 100 valence electrons. The van der Waals surface area contributed by atoms with Gasteiger partial charge in [0, 0.05) is 19.5 Å². The van der Waals surface area contributed by atoms with Crippen LogP contribution >= 0.6 is 0 Å². The van der Waals surface area contributed by atoms with Crippen molar-refractivity contribution < 1.29 is 4.42 Å². The fraction of sp³-hybridized carbons (Fsp3) is 0.846. The van der Waals surface area contributed by atoms with Crippen LogP contribution in [0.1, 0.15) is 37.5 Å². The fourth-order valence-corrected chi connectivity index (χ4v) is 2.75. The average molecular weight is 250 g/mol. The summed E-state index contributed by atoms with van der Waals surface area (Å²) in [4.78, 5) is 2.54. The molecule has 1 aliphatic carbocycles. The van der Waals surface area contributed by atoms with E-state index in [4.69, 9.17) is 4.42 Å². The van der Waals surface area contributed by atoms with E-state index in [9.17, 15) is 0 Å². The molecule has 5 heteroatoms. The predicted molar refractivity (Wildman–Crippen MR) is 68.1 cm³/mol. The fourth-order valence-electron chi connectivity index (χ4n) is 2.75. The van der Waals surface area contributed by atoms with Crippen LogP contribution in [-0.2, 0) is 6.54 Å². The van der Waals surface area contributed by atoms with Gasteiger partial charge in [-0.15, -0.1) is 10.2 Å². The van der Waals surface area contributed by atoms with Crippen molar-refractivity contribution in [2.45, 2.75) is 45.2 Å². The average Bonchev–Trinajstić information content (AvgIpc) is 3.15. The van der Waals surface area contributed by atoms with E-state index >= 15 is 0 Å². The first kappa shape index (κ1) is 12.1. The monoisotopic (exact) mass is 250 g/mol. The molecule has 1 aromatic heterocycles. The zero-order valence-electron chi connectivity index (χ0n) is 11.1. The molecule has 0 unspecified atom stereocenters. The molecule has 1 N–H and O–H groups in total. The maximum atomic E-state index is 5.50. The first-order valence-corrected chi connectivity index (χ1v) is 7.05. The Balaban J connectivity index is 1.57. The molecule has 1 saturated carbocycles. The van der Waals surface area contributed by atoms with E-state index < -0.39 is 0 Å². The standard InChI is InChI=1S/C13H22N4O/c1-10-15-16-13(18-10)9-17(12-2-3-12)8-11-4-6-14-7-5-11/h11-12,14H,2-9H2,1H3. The number of aromatic nitrogens is 2. The Labute approximate surface area is 108 Å². The van der Waals surface area contributed by atoms with Crippen molar-refractivity contribution in [2.24, 2.45) is 5.92 Å². The summed E-state index contributed by atoms with van der Waals surface area (Å²) in [5.41, 5.74) is 0. The molecule has 1 saturated heterocycles. The maximum Gasteiger partial charge on any atom is 0.230 e. The molecular weight excluding hydrogens is 228 g/mol. The number of nitrogens with one attached hydrogen (secondary N) is 1. The second kappa shape index (κ2) is 5.36. The third-order valence-corrected chi connectivity index (χ3v) is 3.92. The lowest BCUT2D eigenvalue weighted by Crippen LogP contribution is -2.37. The summed E-state index contributed by atoms with van der Waals surface area (Å²) in [7, 11) is 0. The van der Waals surface area contributed by atoms with Crippen molar-refractivity contribution in [3.8, 4) is 0 Å². The highest BCUT2D eigenvalue weighted by atomic mass is 16.4. The minimum atomic E-state index is 0.669. The second-order valence-corrected chi connectivity index (χ2v) is 5.57. The van der Waals surface area contributed by atoms with Crippen molar-refractivity contribution >= 4 is 0 Å². The Morgan fingerprint density at radius 1 is 1.22 bits per heavy atom. The zero-order chi connectivity index (χ0) is 12.4. The molecule has 2 aliphatic rings. The Morgan fingerprint density at radius 2 is 2.00 bits per heavy atom.